The Hall–Kier alpha value is -2.63. The van der Waals surface area contributed by atoms with Crippen LogP contribution < -0.4 is 10.2 Å². The lowest BCUT2D eigenvalue weighted by Gasteiger charge is -2.36. The lowest BCUT2D eigenvalue weighted by atomic mass is 9.93. The van der Waals surface area contributed by atoms with Crippen molar-refractivity contribution in [3.05, 3.63) is 93.5 Å². The Bertz CT molecular complexity index is 1120. The van der Waals surface area contributed by atoms with E-state index in [1.54, 1.807) is 61.5 Å². The van der Waals surface area contributed by atoms with Crippen molar-refractivity contribution in [1.82, 2.24) is 5.32 Å². The molecule has 3 aromatic carbocycles. The fourth-order valence-electron chi connectivity index (χ4n) is 3.74. The van der Waals surface area contributed by atoms with E-state index in [1.807, 2.05) is 11.0 Å². The molecule has 4 rings (SSSR count). The number of alkyl halides is 2. The van der Waals surface area contributed by atoms with E-state index in [0.717, 1.165) is 5.69 Å². The molecule has 1 unspecified atom stereocenters. The van der Waals surface area contributed by atoms with Crippen molar-refractivity contribution in [3.63, 3.8) is 0 Å². The first kappa shape index (κ1) is 21.6. The number of carbonyl (C=O) groups excluding carboxylic acids is 1. The van der Waals surface area contributed by atoms with Crippen LogP contribution in [0.4, 0.5) is 20.2 Å². The summed E-state index contributed by atoms with van der Waals surface area (Å²) in [5.41, 5.74) is 2.21. The minimum atomic E-state index is -2.96. The lowest BCUT2D eigenvalue weighted by Crippen LogP contribution is -2.33. The summed E-state index contributed by atoms with van der Waals surface area (Å²) in [7, 11) is 0. The molecule has 1 aliphatic rings. The van der Waals surface area contributed by atoms with Crippen LogP contribution in [-0.4, -0.2) is 12.5 Å². The molecule has 0 saturated carbocycles. The summed E-state index contributed by atoms with van der Waals surface area (Å²) in [6.45, 7) is 1.95. The standard InChI is InChI=1S/C24H20Cl2F2N2O/c1-15(29-23(31)16-5-8-18(25)9-6-16)17-7-10-22-21(13-17)24(27,28)11-12-30(22)20-4-2-3-19(26)14-20/h2-10,13-15H,11-12H2,1H3,(H,29,31). The Morgan fingerprint density at radius 3 is 2.48 bits per heavy atom. The van der Waals surface area contributed by atoms with Crippen molar-refractivity contribution >= 4 is 40.5 Å². The minimum absolute atomic E-state index is 0.0520. The molecule has 0 spiro atoms. The van der Waals surface area contributed by atoms with E-state index in [9.17, 15) is 13.6 Å². The number of nitrogens with zero attached hydrogens (tertiary/aromatic N) is 1. The van der Waals surface area contributed by atoms with E-state index in [1.165, 1.54) is 6.07 Å². The Morgan fingerprint density at radius 2 is 1.77 bits per heavy atom. The van der Waals surface area contributed by atoms with Crippen molar-refractivity contribution < 1.29 is 13.6 Å². The van der Waals surface area contributed by atoms with Gasteiger partial charge in [0.2, 0.25) is 0 Å². The van der Waals surface area contributed by atoms with Gasteiger partial charge in [-0.3, -0.25) is 4.79 Å². The molecule has 0 saturated heterocycles. The number of hydrogen-bond acceptors (Lipinski definition) is 2. The number of carbonyl (C=O) groups is 1. The van der Waals surface area contributed by atoms with Gasteiger partial charge in [-0.15, -0.1) is 0 Å². The minimum Gasteiger partial charge on any atom is -0.346 e. The van der Waals surface area contributed by atoms with E-state index in [2.05, 4.69) is 5.32 Å². The number of halogens is 4. The molecule has 7 heteroatoms. The second kappa shape index (κ2) is 8.48. The highest BCUT2D eigenvalue weighted by molar-refractivity contribution is 6.31. The third-order valence-corrected chi connectivity index (χ3v) is 5.92. The molecule has 0 aromatic heterocycles. The first-order valence-corrected chi connectivity index (χ1v) is 10.6. The number of benzene rings is 3. The quantitative estimate of drug-likeness (QED) is 0.449. The van der Waals surface area contributed by atoms with Crippen LogP contribution in [0.5, 0.6) is 0 Å². The summed E-state index contributed by atoms with van der Waals surface area (Å²) in [5.74, 6) is -3.26. The van der Waals surface area contributed by atoms with E-state index >= 15 is 0 Å². The zero-order valence-electron chi connectivity index (χ0n) is 16.7. The average molecular weight is 461 g/mol. The van der Waals surface area contributed by atoms with Gasteiger partial charge < -0.3 is 10.2 Å². The third kappa shape index (κ3) is 4.53. The molecule has 1 heterocycles. The number of hydrogen-bond donors (Lipinski definition) is 1. The van der Waals surface area contributed by atoms with E-state index in [-0.39, 0.29) is 24.4 Å². The Labute approximate surface area is 189 Å². The maximum Gasteiger partial charge on any atom is 0.276 e. The van der Waals surface area contributed by atoms with Gasteiger partial charge in [0.1, 0.15) is 0 Å². The molecule has 1 amide bonds. The number of rotatable bonds is 4. The molecule has 0 fully saturated rings. The van der Waals surface area contributed by atoms with Crippen LogP contribution in [0, 0.1) is 0 Å². The molecule has 31 heavy (non-hydrogen) atoms. The van der Waals surface area contributed by atoms with Crippen LogP contribution in [-0.2, 0) is 5.92 Å². The van der Waals surface area contributed by atoms with Crippen LogP contribution in [0.1, 0.15) is 40.9 Å². The third-order valence-electron chi connectivity index (χ3n) is 5.43. The molecule has 0 aliphatic carbocycles. The Balaban J connectivity index is 1.62. The molecular formula is C24H20Cl2F2N2O. The maximum absolute atomic E-state index is 14.8. The summed E-state index contributed by atoms with van der Waals surface area (Å²) < 4.78 is 29.6. The number of anilines is 2. The van der Waals surface area contributed by atoms with Crippen LogP contribution in [0.25, 0.3) is 0 Å². The molecule has 1 N–H and O–H groups in total. The predicted molar refractivity (Wildman–Crippen MR) is 121 cm³/mol. The number of amides is 1. The lowest BCUT2D eigenvalue weighted by molar-refractivity contribution is -0.0142. The van der Waals surface area contributed by atoms with Gasteiger partial charge in [-0.1, -0.05) is 35.3 Å². The first-order chi connectivity index (χ1) is 14.7. The van der Waals surface area contributed by atoms with E-state index in [0.29, 0.717) is 26.9 Å². The summed E-state index contributed by atoms with van der Waals surface area (Å²) in [5, 5.41) is 3.94. The second-order valence-corrected chi connectivity index (χ2v) is 8.44. The fraction of sp³-hybridized carbons (Fsp3) is 0.208. The second-order valence-electron chi connectivity index (χ2n) is 7.56. The Morgan fingerprint density at radius 1 is 1.03 bits per heavy atom. The predicted octanol–water partition coefficient (Wildman–Crippen LogP) is 7.12. The zero-order chi connectivity index (χ0) is 22.2. The van der Waals surface area contributed by atoms with Crippen molar-refractivity contribution in [1.29, 1.82) is 0 Å². The average Bonchev–Trinajstić information content (AvgIpc) is 2.74. The maximum atomic E-state index is 14.8. The molecule has 0 bridgehead atoms. The summed E-state index contributed by atoms with van der Waals surface area (Å²) in [6.07, 6.45) is -0.304. The van der Waals surface area contributed by atoms with Gasteiger partial charge in [0.25, 0.3) is 11.8 Å². The van der Waals surface area contributed by atoms with Gasteiger partial charge in [0.05, 0.1) is 11.7 Å². The van der Waals surface area contributed by atoms with Gasteiger partial charge in [-0.25, -0.2) is 8.78 Å². The van der Waals surface area contributed by atoms with Crippen molar-refractivity contribution in [2.75, 3.05) is 11.4 Å². The fourth-order valence-corrected chi connectivity index (χ4v) is 4.05. The highest BCUT2D eigenvalue weighted by Crippen LogP contribution is 2.46. The molecule has 3 aromatic rings. The largest absolute Gasteiger partial charge is 0.346 e. The van der Waals surface area contributed by atoms with Crippen LogP contribution in [0.15, 0.2) is 66.7 Å². The number of nitrogens with one attached hydrogen (secondary N) is 1. The highest BCUT2D eigenvalue weighted by Gasteiger charge is 2.40. The highest BCUT2D eigenvalue weighted by atomic mass is 35.5. The topological polar surface area (TPSA) is 32.3 Å². The van der Waals surface area contributed by atoms with Gasteiger partial charge >= 0.3 is 0 Å². The van der Waals surface area contributed by atoms with E-state index < -0.39 is 12.0 Å². The monoisotopic (exact) mass is 460 g/mol. The van der Waals surface area contributed by atoms with Gasteiger partial charge in [0.15, 0.2) is 0 Å². The SMILES string of the molecule is CC(NC(=O)c1ccc(Cl)cc1)c1ccc2c(c1)C(F)(F)CCN2c1cccc(Cl)c1. The van der Waals surface area contributed by atoms with Crippen LogP contribution in [0.3, 0.4) is 0 Å². The normalized spacial score (nSPS) is 15.8. The van der Waals surface area contributed by atoms with Crippen molar-refractivity contribution in [3.8, 4) is 0 Å². The summed E-state index contributed by atoms with van der Waals surface area (Å²) >= 11 is 12.0. The Kier molecular flexibility index (Phi) is 5.91. The zero-order valence-corrected chi connectivity index (χ0v) is 18.2. The summed E-state index contributed by atoms with van der Waals surface area (Å²) in [6, 6.07) is 18.1. The van der Waals surface area contributed by atoms with Crippen molar-refractivity contribution in [2.24, 2.45) is 0 Å². The molecule has 1 atom stereocenters. The van der Waals surface area contributed by atoms with Crippen LogP contribution in [0.2, 0.25) is 10.0 Å². The first-order valence-electron chi connectivity index (χ1n) is 9.86. The van der Waals surface area contributed by atoms with Gasteiger partial charge in [0, 0.05) is 39.8 Å². The smallest absolute Gasteiger partial charge is 0.276 e. The van der Waals surface area contributed by atoms with Crippen LogP contribution >= 0.6 is 23.2 Å². The molecule has 1 aliphatic heterocycles. The van der Waals surface area contributed by atoms with Gasteiger partial charge in [-0.05, 0) is 67.1 Å². The van der Waals surface area contributed by atoms with Gasteiger partial charge in [-0.2, -0.15) is 0 Å². The molecule has 0 radical (unpaired) electrons. The molecule has 160 valence electrons. The van der Waals surface area contributed by atoms with Crippen molar-refractivity contribution in [2.45, 2.75) is 25.3 Å². The van der Waals surface area contributed by atoms with E-state index in [4.69, 9.17) is 23.2 Å². The number of fused-ring (bicyclic) bond motifs is 1. The molecule has 3 nitrogen and oxygen atoms in total. The summed E-state index contributed by atoms with van der Waals surface area (Å²) in [4.78, 5) is 14.3. The molecular weight excluding hydrogens is 441 g/mol.